The SMILES string of the molecule is CC(C)c1ccccc1-n1nnnc1CNC1CC1. The minimum atomic E-state index is 0.449. The number of hydrogen-bond acceptors (Lipinski definition) is 4. The number of nitrogens with zero attached hydrogens (tertiary/aromatic N) is 4. The van der Waals surface area contributed by atoms with Crippen molar-refractivity contribution < 1.29 is 0 Å². The highest BCUT2D eigenvalue weighted by molar-refractivity contribution is 5.42. The quantitative estimate of drug-likeness (QED) is 0.890. The average Bonchev–Trinajstić information content (AvgIpc) is 3.13. The van der Waals surface area contributed by atoms with Crippen LogP contribution >= 0.6 is 0 Å². The second-order valence-electron chi connectivity index (χ2n) is 5.38. The standard InChI is InChI=1S/C14H19N5/c1-10(2)12-5-3-4-6-13(12)19-14(16-17-18-19)9-15-11-7-8-11/h3-6,10-11,15H,7-9H2,1-2H3. The molecule has 0 aliphatic heterocycles. The molecule has 0 spiro atoms. The van der Waals surface area contributed by atoms with Crippen LogP contribution in [0.15, 0.2) is 24.3 Å². The van der Waals surface area contributed by atoms with Gasteiger partial charge in [-0.15, -0.1) is 5.10 Å². The summed E-state index contributed by atoms with van der Waals surface area (Å²) < 4.78 is 1.85. The average molecular weight is 257 g/mol. The Kier molecular flexibility index (Phi) is 3.29. The zero-order valence-corrected chi connectivity index (χ0v) is 11.4. The predicted molar refractivity (Wildman–Crippen MR) is 73.1 cm³/mol. The smallest absolute Gasteiger partial charge is 0.170 e. The molecule has 1 heterocycles. The third-order valence-corrected chi connectivity index (χ3v) is 3.45. The fourth-order valence-electron chi connectivity index (χ4n) is 2.19. The maximum Gasteiger partial charge on any atom is 0.170 e. The minimum Gasteiger partial charge on any atom is -0.307 e. The van der Waals surface area contributed by atoms with Gasteiger partial charge in [0.05, 0.1) is 12.2 Å². The van der Waals surface area contributed by atoms with E-state index in [1.54, 1.807) is 0 Å². The van der Waals surface area contributed by atoms with E-state index in [1.807, 2.05) is 10.7 Å². The van der Waals surface area contributed by atoms with Crippen molar-refractivity contribution in [2.24, 2.45) is 0 Å². The van der Waals surface area contributed by atoms with E-state index in [1.165, 1.54) is 18.4 Å². The third kappa shape index (κ3) is 2.66. The van der Waals surface area contributed by atoms with E-state index >= 15 is 0 Å². The van der Waals surface area contributed by atoms with Gasteiger partial charge in [-0.2, -0.15) is 4.68 Å². The van der Waals surface area contributed by atoms with Crippen LogP contribution in [-0.4, -0.2) is 26.2 Å². The van der Waals surface area contributed by atoms with E-state index < -0.39 is 0 Å². The topological polar surface area (TPSA) is 55.6 Å². The van der Waals surface area contributed by atoms with Crippen molar-refractivity contribution in [1.29, 1.82) is 0 Å². The molecule has 1 aromatic heterocycles. The summed E-state index contributed by atoms with van der Waals surface area (Å²) in [4.78, 5) is 0. The Morgan fingerprint density at radius 3 is 2.84 bits per heavy atom. The molecule has 1 aliphatic carbocycles. The fourth-order valence-corrected chi connectivity index (χ4v) is 2.19. The summed E-state index contributed by atoms with van der Waals surface area (Å²) in [7, 11) is 0. The highest BCUT2D eigenvalue weighted by Crippen LogP contribution is 2.23. The second-order valence-corrected chi connectivity index (χ2v) is 5.38. The van der Waals surface area contributed by atoms with E-state index in [9.17, 15) is 0 Å². The van der Waals surface area contributed by atoms with Crippen LogP contribution in [-0.2, 0) is 6.54 Å². The number of nitrogens with one attached hydrogen (secondary N) is 1. The number of para-hydroxylation sites is 1. The summed E-state index contributed by atoms with van der Waals surface area (Å²) >= 11 is 0. The summed E-state index contributed by atoms with van der Waals surface area (Å²) in [6.07, 6.45) is 2.54. The molecular formula is C14H19N5. The van der Waals surface area contributed by atoms with Crippen molar-refractivity contribution in [1.82, 2.24) is 25.5 Å². The van der Waals surface area contributed by atoms with Gasteiger partial charge in [-0.3, -0.25) is 0 Å². The molecule has 0 unspecified atom stereocenters. The van der Waals surface area contributed by atoms with Gasteiger partial charge in [0.1, 0.15) is 0 Å². The molecule has 0 amide bonds. The molecule has 0 radical (unpaired) electrons. The zero-order valence-electron chi connectivity index (χ0n) is 11.4. The van der Waals surface area contributed by atoms with Crippen LogP contribution in [0, 0.1) is 0 Å². The molecule has 5 heteroatoms. The lowest BCUT2D eigenvalue weighted by Crippen LogP contribution is -2.19. The normalized spacial score (nSPS) is 15.1. The summed E-state index contributed by atoms with van der Waals surface area (Å²) in [5.74, 6) is 1.32. The van der Waals surface area contributed by atoms with Crippen LogP contribution in [0.2, 0.25) is 0 Å². The third-order valence-electron chi connectivity index (χ3n) is 3.45. The molecule has 2 aromatic rings. The number of benzene rings is 1. The molecular weight excluding hydrogens is 238 g/mol. The lowest BCUT2D eigenvalue weighted by atomic mass is 10.0. The van der Waals surface area contributed by atoms with Crippen molar-refractivity contribution in [3.8, 4) is 5.69 Å². The molecule has 0 bridgehead atoms. The number of hydrogen-bond donors (Lipinski definition) is 1. The molecule has 19 heavy (non-hydrogen) atoms. The molecule has 100 valence electrons. The van der Waals surface area contributed by atoms with Crippen molar-refractivity contribution in [2.45, 2.75) is 45.2 Å². The molecule has 0 atom stereocenters. The summed E-state index contributed by atoms with van der Waals surface area (Å²) in [5.41, 5.74) is 2.34. The largest absolute Gasteiger partial charge is 0.307 e. The van der Waals surface area contributed by atoms with Crippen molar-refractivity contribution in [2.75, 3.05) is 0 Å². The molecule has 1 aromatic carbocycles. The van der Waals surface area contributed by atoms with E-state index in [2.05, 4.69) is 52.9 Å². The van der Waals surface area contributed by atoms with Crippen molar-refractivity contribution >= 4 is 0 Å². The van der Waals surface area contributed by atoms with Gasteiger partial charge in [-0.25, -0.2) is 0 Å². The first-order chi connectivity index (χ1) is 9.25. The Morgan fingerprint density at radius 1 is 1.32 bits per heavy atom. The minimum absolute atomic E-state index is 0.449. The molecule has 1 N–H and O–H groups in total. The highest BCUT2D eigenvalue weighted by atomic mass is 15.5. The first-order valence-corrected chi connectivity index (χ1v) is 6.85. The van der Waals surface area contributed by atoms with Gasteiger partial charge < -0.3 is 5.32 Å². The lowest BCUT2D eigenvalue weighted by Gasteiger charge is -2.13. The van der Waals surface area contributed by atoms with Gasteiger partial charge in [-0.05, 0) is 40.8 Å². The van der Waals surface area contributed by atoms with Crippen LogP contribution in [0.3, 0.4) is 0 Å². The zero-order chi connectivity index (χ0) is 13.2. The fraction of sp³-hybridized carbons (Fsp3) is 0.500. The Labute approximate surface area is 113 Å². The Bertz CT molecular complexity index is 556. The van der Waals surface area contributed by atoms with Gasteiger partial charge in [0.15, 0.2) is 5.82 Å². The van der Waals surface area contributed by atoms with Gasteiger partial charge >= 0.3 is 0 Å². The Morgan fingerprint density at radius 2 is 2.11 bits per heavy atom. The number of rotatable bonds is 5. The van der Waals surface area contributed by atoms with E-state index in [0.29, 0.717) is 12.0 Å². The first-order valence-electron chi connectivity index (χ1n) is 6.85. The molecule has 1 aliphatic rings. The monoisotopic (exact) mass is 257 g/mol. The Balaban J connectivity index is 1.90. The van der Waals surface area contributed by atoms with Crippen molar-refractivity contribution in [3.05, 3.63) is 35.7 Å². The molecule has 0 saturated heterocycles. The highest BCUT2D eigenvalue weighted by Gasteiger charge is 2.22. The van der Waals surface area contributed by atoms with E-state index in [0.717, 1.165) is 18.1 Å². The van der Waals surface area contributed by atoms with Crippen LogP contribution in [0.5, 0.6) is 0 Å². The molecule has 1 saturated carbocycles. The van der Waals surface area contributed by atoms with Gasteiger partial charge in [0.25, 0.3) is 0 Å². The number of tetrazole rings is 1. The predicted octanol–water partition coefficient (Wildman–Crippen LogP) is 2.04. The van der Waals surface area contributed by atoms with Gasteiger partial charge in [0, 0.05) is 6.04 Å². The van der Waals surface area contributed by atoms with Crippen LogP contribution in [0.25, 0.3) is 5.69 Å². The van der Waals surface area contributed by atoms with Gasteiger partial charge in [-0.1, -0.05) is 32.0 Å². The van der Waals surface area contributed by atoms with Crippen LogP contribution < -0.4 is 5.32 Å². The van der Waals surface area contributed by atoms with Crippen LogP contribution in [0.1, 0.15) is 44.0 Å². The lowest BCUT2D eigenvalue weighted by molar-refractivity contribution is 0.635. The summed E-state index contributed by atoms with van der Waals surface area (Å²) in [5, 5.41) is 15.6. The maximum absolute atomic E-state index is 4.14. The number of aromatic nitrogens is 4. The molecule has 5 nitrogen and oxygen atoms in total. The second kappa shape index (κ2) is 5.09. The first kappa shape index (κ1) is 12.3. The molecule has 3 rings (SSSR count). The van der Waals surface area contributed by atoms with Crippen molar-refractivity contribution in [3.63, 3.8) is 0 Å². The van der Waals surface area contributed by atoms with E-state index in [-0.39, 0.29) is 0 Å². The van der Waals surface area contributed by atoms with Gasteiger partial charge in [0.2, 0.25) is 0 Å². The van der Waals surface area contributed by atoms with Crippen LogP contribution in [0.4, 0.5) is 0 Å². The Hall–Kier alpha value is -1.75. The maximum atomic E-state index is 4.14. The summed E-state index contributed by atoms with van der Waals surface area (Å²) in [6.45, 7) is 5.10. The summed E-state index contributed by atoms with van der Waals surface area (Å²) in [6, 6.07) is 8.96. The molecule has 1 fully saturated rings. The van der Waals surface area contributed by atoms with E-state index in [4.69, 9.17) is 0 Å².